The zero-order valence-corrected chi connectivity index (χ0v) is 10.9. The molecule has 3 heteroatoms. The number of nitrogens with one attached hydrogen (secondary N) is 1. The van der Waals surface area contributed by atoms with E-state index in [2.05, 4.69) is 9.97 Å². The predicted molar refractivity (Wildman–Crippen MR) is 75.4 cm³/mol. The van der Waals surface area contributed by atoms with Gasteiger partial charge in [-0.15, -0.1) is 0 Å². The standard InChI is InChI=1S/C16H14N2O/c1-10-5-3-6-12(11(10)2)15(19)14-9-18-16-13(14)7-4-8-17-16/h3-9H,1-2H3,(H,17,18). The number of carbonyl (C=O) groups excluding carboxylic acids is 1. The Morgan fingerprint density at radius 2 is 1.95 bits per heavy atom. The van der Waals surface area contributed by atoms with E-state index in [0.29, 0.717) is 5.56 Å². The van der Waals surface area contributed by atoms with Crippen molar-refractivity contribution in [3.05, 3.63) is 65.0 Å². The zero-order valence-electron chi connectivity index (χ0n) is 10.9. The summed E-state index contributed by atoms with van der Waals surface area (Å²) in [7, 11) is 0. The van der Waals surface area contributed by atoms with E-state index >= 15 is 0 Å². The molecular formula is C16H14N2O. The van der Waals surface area contributed by atoms with Crippen molar-refractivity contribution in [1.82, 2.24) is 9.97 Å². The highest BCUT2D eigenvalue weighted by Crippen LogP contribution is 2.22. The van der Waals surface area contributed by atoms with E-state index in [1.165, 1.54) is 0 Å². The Hall–Kier alpha value is -2.42. The summed E-state index contributed by atoms with van der Waals surface area (Å²) in [6.45, 7) is 4.00. The maximum absolute atomic E-state index is 12.6. The highest BCUT2D eigenvalue weighted by molar-refractivity contribution is 6.16. The number of hydrogen-bond donors (Lipinski definition) is 1. The molecule has 94 valence electrons. The molecule has 3 aromatic rings. The van der Waals surface area contributed by atoms with Gasteiger partial charge < -0.3 is 4.98 Å². The number of ketones is 1. The van der Waals surface area contributed by atoms with Gasteiger partial charge >= 0.3 is 0 Å². The van der Waals surface area contributed by atoms with Crippen molar-refractivity contribution in [2.45, 2.75) is 13.8 Å². The highest BCUT2D eigenvalue weighted by Gasteiger charge is 2.16. The summed E-state index contributed by atoms with van der Waals surface area (Å²) in [6, 6.07) is 9.57. The molecule has 0 saturated heterocycles. The van der Waals surface area contributed by atoms with Gasteiger partial charge in [0.2, 0.25) is 0 Å². The molecule has 3 nitrogen and oxygen atoms in total. The van der Waals surface area contributed by atoms with E-state index in [4.69, 9.17) is 0 Å². The maximum atomic E-state index is 12.6. The number of carbonyl (C=O) groups is 1. The van der Waals surface area contributed by atoms with Gasteiger partial charge in [-0.1, -0.05) is 18.2 Å². The van der Waals surface area contributed by atoms with Gasteiger partial charge in [-0.25, -0.2) is 4.98 Å². The number of aromatic amines is 1. The summed E-state index contributed by atoms with van der Waals surface area (Å²) in [4.78, 5) is 19.9. The van der Waals surface area contributed by atoms with Crippen LogP contribution in [0.3, 0.4) is 0 Å². The van der Waals surface area contributed by atoms with E-state index in [9.17, 15) is 4.79 Å². The fourth-order valence-electron chi connectivity index (χ4n) is 2.29. The highest BCUT2D eigenvalue weighted by atomic mass is 16.1. The van der Waals surface area contributed by atoms with Gasteiger partial charge in [0, 0.05) is 28.9 Å². The largest absolute Gasteiger partial charge is 0.345 e. The molecule has 0 aliphatic heterocycles. The molecule has 0 aliphatic carbocycles. The fourth-order valence-corrected chi connectivity index (χ4v) is 2.29. The molecule has 0 atom stereocenters. The number of H-pyrrole nitrogens is 1. The molecule has 0 aliphatic rings. The third-order valence-electron chi connectivity index (χ3n) is 3.54. The summed E-state index contributed by atoms with van der Waals surface area (Å²) < 4.78 is 0. The average Bonchev–Trinajstić information content (AvgIpc) is 2.85. The van der Waals surface area contributed by atoms with E-state index < -0.39 is 0 Å². The topological polar surface area (TPSA) is 45.8 Å². The first kappa shape index (κ1) is 11.7. The second-order valence-electron chi connectivity index (χ2n) is 4.68. The third kappa shape index (κ3) is 1.83. The smallest absolute Gasteiger partial charge is 0.195 e. The number of rotatable bonds is 2. The predicted octanol–water partition coefficient (Wildman–Crippen LogP) is 3.41. The second-order valence-corrected chi connectivity index (χ2v) is 4.68. The minimum atomic E-state index is 0.0421. The van der Waals surface area contributed by atoms with E-state index in [1.54, 1.807) is 12.4 Å². The Balaban J connectivity index is 2.17. The first-order valence-corrected chi connectivity index (χ1v) is 6.21. The van der Waals surface area contributed by atoms with Crippen LogP contribution in [0.2, 0.25) is 0 Å². The zero-order chi connectivity index (χ0) is 13.4. The lowest BCUT2D eigenvalue weighted by Crippen LogP contribution is -2.04. The average molecular weight is 250 g/mol. The van der Waals surface area contributed by atoms with Crippen LogP contribution < -0.4 is 0 Å². The van der Waals surface area contributed by atoms with Crippen molar-refractivity contribution in [1.29, 1.82) is 0 Å². The van der Waals surface area contributed by atoms with Crippen LogP contribution in [0.5, 0.6) is 0 Å². The quantitative estimate of drug-likeness (QED) is 0.708. The molecule has 3 rings (SSSR count). The summed E-state index contributed by atoms with van der Waals surface area (Å²) >= 11 is 0. The van der Waals surface area contributed by atoms with Crippen molar-refractivity contribution in [2.75, 3.05) is 0 Å². The molecule has 0 spiro atoms. The number of aryl methyl sites for hydroxylation is 1. The van der Waals surface area contributed by atoms with Crippen molar-refractivity contribution in [3.8, 4) is 0 Å². The normalized spacial score (nSPS) is 10.8. The summed E-state index contributed by atoms with van der Waals surface area (Å²) in [5.41, 5.74) is 4.34. The monoisotopic (exact) mass is 250 g/mol. The van der Waals surface area contributed by atoms with Crippen LogP contribution in [-0.2, 0) is 0 Å². The number of fused-ring (bicyclic) bond motifs is 1. The number of benzene rings is 1. The molecule has 0 fully saturated rings. The lowest BCUT2D eigenvalue weighted by atomic mass is 9.96. The first-order chi connectivity index (χ1) is 9.18. The summed E-state index contributed by atoms with van der Waals surface area (Å²) in [5, 5.41) is 0.869. The minimum Gasteiger partial charge on any atom is -0.345 e. The Bertz CT molecular complexity index is 771. The van der Waals surface area contributed by atoms with Gasteiger partial charge in [0.15, 0.2) is 5.78 Å². The van der Waals surface area contributed by atoms with Gasteiger partial charge in [0.25, 0.3) is 0 Å². The number of nitrogens with zero attached hydrogens (tertiary/aromatic N) is 1. The maximum Gasteiger partial charge on any atom is 0.195 e. The minimum absolute atomic E-state index is 0.0421. The van der Waals surface area contributed by atoms with Gasteiger partial charge in [-0.2, -0.15) is 0 Å². The molecule has 0 amide bonds. The van der Waals surface area contributed by atoms with Crippen molar-refractivity contribution in [3.63, 3.8) is 0 Å². The lowest BCUT2D eigenvalue weighted by Gasteiger charge is -2.06. The Morgan fingerprint density at radius 3 is 2.79 bits per heavy atom. The van der Waals surface area contributed by atoms with Crippen LogP contribution in [-0.4, -0.2) is 15.8 Å². The molecule has 19 heavy (non-hydrogen) atoms. The number of hydrogen-bond acceptors (Lipinski definition) is 2. The Morgan fingerprint density at radius 1 is 1.11 bits per heavy atom. The molecule has 2 aromatic heterocycles. The van der Waals surface area contributed by atoms with E-state index in [0.717, 1.165) is 27.7 Å². The Kier molecular flexibility index (Phi) is 2.67. The molecule has 2 heterocycles. The van der Waals surface area contributed by atoms with E-state index in [-0.39, 0.29) is 5.78 Å². The SMILES string of the molecule is Cc1cccc(C(=O)c2c[nH]c3ncccc23)c1C. The van der Waals surface area contributed by atoms with Crippen molar-refractivity contribution >= 4 is 16.8 Å². The number of aromatic nitrogens is 2. The molecule has 1 aromatic carbocycles. The number of pyridine rings is 1. The van der Waals surface area contributed by atoms with Crippen LogP contribution in [0.4, 0.5) is 0 Å². The van der Waals surface area contributed by atoms with Crippen molar-refractivity contribution in [2.24, 2.45) is 0 Å². The Labute approximate surface area is 111 Å². The van der Waals surface area contributed by atoms with Crippen molar-refractivity contribution < 1.29 is 4.79 Å². The molecule has 0 saturated carbocycles. The third-order valence-corrected chi connectivity index (χ3v) is 3.54. The van der Waals surface area contributed by atoms with E-state index in [1.807, 2.05) is 44.2 Å². The molecule has 1 N–H and O–H groups in total. The molecule has 0 unspecified atom stereocenters. The molecule has 0 radical (unpaired) electrons. The molecule has 0 bridgehead atoms. The lowest BCUT2D eigenvalue weighted by molar-refractivity contribution is 0.103. The van der Waals surface area contributed by atoms with Crippen LogP contribution in [0, 0.1) is 13.8 Å². The van der Waals surface area contributed by atoms with Crippen LogP contribution in [0.1, 0.15) is 27.0 Å². The van der Waals surface area contributed by atoms with Gasteiger partial charge in [-0.05, 0) is 37.1 Å². The first-order valence-electron chi connectivity index (χ1n) is 6.21. The fraction of sp³-hybridized carbons (Fsp3) is 0.125. The van der Waals surface area contributed by atoms with Crippen LogP contribution in [0.15, 0.2) is 42.7 Å². The summed E-state index contributed by atoms with van der Waals surface area (Å²) in [6.07, 6.45) is 3.45. The molecular weight excluding hydrogens is 236 g/mol. The summed E-state index contributed by atoms with van der Waals surface area (Å²) in [5.74, 6) is 0.0421. The van der Waals surface area contributed by atoms with Gasteiger partial charge in [0.05, 0.1) is 0 Å². The van der Waals surface area contributed by atoms with Crippen LogP contribution >= 0.6 is 0 Å². The van der Waals surface area contributed by atoms with Crippen LogP contribution in [0.25, 0.3) is 11.0 Å². The second kappa shape index (κ2) is 4.35. The van der Waals surface area contributed by atoms with Gasteiger partial charge in [-0.3, -0.25) is 4.79 Å². The van der Waals surface area contributed by atoms with Gasteiger partial charge in [0.1, 0.15) is 5.65 Å².